The smallest absolute Gasteiger partial charge is 0.253 e. The van der Waals surface area contributed by atoms with Crippen molar-refractivity contribution >= 4 is 49.1 Å². The van der Waals surface area contributed by atoms with Crippen molar-refractivity contribution in [1.82, 2.24) is 20.5 Å². The van der Waals surface area contributed by atoms with Gasteiger partial charge in [0.15, 0.2) is 15.1 Å². The second kappa shape index (κ2) is 12.9. The molecule has 1 aliphatic carbocycles. The minimum atomic E-state index is -4.00. The quantitative estimate of drug-likeness (QED) is 0.280. The number of methoxy groups -OCH3 is 1. The number of carbonyl (C=O) groups excluding carboxylic acids is 3. The van der Waals surface area contributed by atoms with E-state index in [4.69, 9.17) is 4.74 Å². The highest BCUT2D eigenvalue weighted by Crippen LogP contribution is 2.34. The number of hydrogen-bond acceptors (Lipinski definition) is 9. The molecule has 224 valence electrons. The normalized spacial score (nSPS) is 17.8. The van der Waals surface area contributed by atoms with E-state index in [9.17, 15) is 27.9 Å². The van der Waals surface area contributed by atoms with E-state index in [-0.39, 0.29) is 54.3 Å². The Balaban J connectivity index is 1.35. The van der Waals surface area contributed by atoms with Crippen molar-refractivity contribution in [3.05, 3.63) is 53.0 Å². The number of carbonyl (C=O) groups is 3. The number of ether oxygens (including phenoxy) is 1. The first-order chi connectivity index (χ1) is 20.2. The van der Waals surface area contributed by atoms with Crippen LogP contribution in [-0.4, -0.2) is 92.9 Å². The zero-order chi connectivity index (χ0) is 29.9. The lowest BCUT2D eigenvalue weighted by Crippen LogP contribution is -2.41. The number of thiazole rings is 1. The second-order valence-electron chi connectivity index (χ2n) is 10.7. The lowest BCUT2D eigenvalue weighted by atomic mass is 10.0. The molecule has 0 bridgehead atoms. The average Bonchev–Trinajstić information content (AvgIpc) is 3.49. The number of likely N-dealkylation sites (tertiary alicyclic amines) is 1. The van der Waals surface area contributed by atoms with Gasteiger partial charge in [0.25, 0.3) is 5.91 Å². The summed E-state index contributed by atoms with van der Waals surface area (Å²) in [5.74, 6) is -1.49. The number of aliphatic hydroxyl groups excluding tert-OH is 1. The summed E-state index contributed by atoms with van der Waals surface area (Å²) in [6.45, 7) is 0.854. The molecule has 0 spiro atoms. The molecule has 3 N–H and O–H groups in total. The Morgan fingerprint density at radius 1 is 1.12 bits per heavy atom. The molecule has 2 aliphatic rings. The summed E-state index contributed by atoms with van der Waals surface area (Å²) in [5, 5.41) is 13.1. The van der Waals surface area contributed by atoms with Crippen LogP contribution in [0.3, 0.4) is 0 Å². The summed E-state index contributed by atoms with van der Waals surface area (Å²) in [7, 11) is -2.62. The summed E-state index contributed by atoms with van der Waals surface area (Å²) < 4.78 is 32.1. The maximum Gasteiger partial charge on any atom is 0.253 e. The van der Waals surface area contributed by atoms with Gasteiger partial charge in [-0.3, -0.25) is 14.4 Å². The maximum absolute atomic E-state index is 13.2. The highest BCUT2D eigenvalue weighted by molar-refractivity contribution is 7.92. The van der Waals surface area contributed by atoms with Crippen molar-refractivity contribution in [3.8, 4) is 11.1 Å². The number of aliphatic hydroxyl groups is 1. The third-order valence-electron chi connectivity index (χ3n) is 7.46. The SMILES string of the molecule is COCCS(=O)(=O)C(C(=O)NCC(=O)NC1CC1)c1nc2ccc(-c3ccc(C(=O)N4CC[C@H](CO)C4)cc3)cc2s1. The number of rotatable bonds is 12. The maximum atomic E-state index is 13.2. The van der Waals surface area contributed by atoms with Gasteiger partial charge in [0.05, 0.1) is 29.1 Å². The van der Waals surface area contributed by atoms with Gasteiger partial charge < -0.3 is 25.4 Å². The number of hydrogen-bond donors (Lipinski definition) is 3. The molecule has 5 rings (SSSR count). The van der Waals surface area contributed by atoms with E-state index in [2.05, 4.69) is 15.6 Å². The van der Waals surface area contributed by atoms with Gasteiger partial charge in [-0.1, -0.05) is 18.2 Å². The summed E-state index contributed by atoms with van der Waals surface area (Å²) >= 11 is 1.11. The van der Waals surface area contributed by atoms with E-state index < -0.39 is 21.0 Å². The molecule has 1 aromatic heterocycles. The van der Waals surface area contributed by atoms with Crippen LogP contribution in [0.4, 0.5) is 0 Å². The molecule has 1 saturated carbocycles. The van der Waals surface area contributed by atoms with Crippen LogP contribution in [-0.2, 0) is 24.2 Å². The molecule has 2 atom stereocenters. The fourth-order valence-corrected chi connectivity index (χ4v) is 7.88. The minimum Gasteiger partial charge on any atom is -0.396 e. The van der Waals surface area contributed by atoms with Crippen molar-refractivity contribution in [1.29, 1.82) is 0 Å². The Morgan fingerprint density at radius 2 is 1.86 bits per heavy atom. The van der Waals surface area contributed by atoms with Crippen molar-refractivity contribution in [2.75, 3.05) is 45.7 Å². The second-order valence-corrected chi connectivity index (χ2v) is 14.0. The Labute approximate surface area is 248 Å². The van der Waals surface area contributed by atoms with Crippen LogP contribution in [0, 0.1) is 5.92 Å². The van der Waals surface area contributed by atoms with Crippen molar-refractivity contribution in [3.63, 3.8) is 0 Å². The Kier molecular flexibility index (Phi) is 9.21. The van der Waals surface area contributed by atoms with Gasteiger partial charge in [0.1, 0.15) is 5.01 Å². The molecule has 1 aliphatic heterocycles. The monoisotopic (exact) mass is 614 g/mol. The zero-order valence-corrected chi connectivity index (χ0v) is 24.9. The fourth-order valence-electron chi connectivity index (χ4n) is 4.90. The minimum absolute atomic E-state index is 0.0657. The Morgan fingerprint density at radius 3 is 2.52 bits per heavy atom. The molecule has 1 saturated heterocycles. The van der Waals surface area contributed by atoms with Crippen LogP contribution < -0.4 is 10.6 Å². The van der Waals surface area contributed by atoms with E-state index in [0.29, 0.717) is 28.9 Å². The van der Waals surface area contributed by atoms with Gasteiger partial charge in [-0.25, -0.2) is 13.4 Å². The van der Waals surface area contributed by atoms with E-state index in [0.717, 1.165) is 41.7 Å². The molecular weight excluding hydrogens is 580 g/mol. The molecule has 2 aromatic carbocycles. The first-order valence-electron chi connectivity index (χ1n) is 13.9. The van der Waals surface area contributed by atoms with Gasteiger partial charge in [-0.2, -0.15) is 0 Å². The van der Waals surface area contributed by atoms with Crippen molar-refractivity contribution < 1.29 is 32.6 Å². The number of fused-ring (bicyclic) bond motifs is 1. The summed E-state index contributed by atoms with van der Waals surface area (Å²) in [5.41, 5.74) is 2.82. The molecule has 0 radical (unpaired) electrons. The molecule has 3 aromatic rings. The zero-order valence-electron chi connectivity index (χ0n) is 23.2. The largest absolute Gasteiger partial charge is 0.396 e. The standard InChI is InChI=1S/C29H34N4O7S2/c1-40-12-13-42(38,39)26(27(36)30-15-25(35)31-22-7-8-22)28-32-23-9-6-21(14-24(23)41-28)19-2-4-20(5-3-19)29(37)33-11-10-18(16-33)17-34/h2-6,9,14,18,22,26,34H,7-8,10-13,15-17H2,1H3,(H,30,36)(H,31,35)/t18-,26?/m0/s1. The van der Waals surface area contributed by atoms with Crippen LogP contribution in [0.15, 0.2) is 42.5 Å². The number of nitrogens with one attached hydrogen (secondary N) is 2. The first kappa shape index (κ1) is 30.1. The van der Waals surface area contributed by atoms with Crippen LogP contribution >= 0.6 is 11.3 Å². The predicted molar refractivity (Wildman–Crippen MR) is 159 cm³/mol. The van der Waals surface area contributed by atoms with Crippen molar-refractivity contribution in [2.24, 2.45) is 5.92 Å². The Hall–Kier alpha value is -3.39. The molecule has 11 nitrogen and oxygen atoms in total. The van der Waals surface area contributed by atoms with E-state index >= 15 is 0 Å². The number of sulfone groups is 1. The van der Waals surface area contributed by atoms with Crippen LogP contribution in [0.5, 0.6) is 0 Å². The number of aromatic nitrogens is 1. The van der Waals surface area contributed by atoms with Gasteiger partial charge in [0, 0.05) is 44.3 Å². The summed E-state index contributed by atoms with van der Waals surface area (Å²) in [4.78, 5) is 44.4. The third-order valence-corrected chi connectivity index (χ3v) is 10.6. The van der Waals surface area contributed by atoms with Gasteiger partial charge >= 0.3 is 0 Å². The Bertz CT molecular complexity index is 1570. The van der Waals surface area contributed by atoms with Gasteiger partial charge in [-0.15, -0.1) is 11.3 Å². The number of benzene rings is 2. The summed E-state index contributed by atoms with van der Waals surface area (Å²) in [6, 6.07) is 12.9. The lowest BCUT2D eigenvalue weighted by molar-refractivity contribution is -0.126. The fraction of sp³-hybridized carbons (Fsp3) is 0.448. The molecule has 3 amide bonds. The van der Waals surface area contributed by atoms with Crippen molar-refractivity contribution in [2.45, 2.75) is 30.6 Å². The molecule has 42 heavy (non-hydrogen) atoms. The lowest BCUT2D eigenvalue weighted by Gasteiger charge is -2.16. The summed E-state index contributed by atoms with van der Waals surface area (Å²) in [6.07, 6.45) is 2.59. The number of amides is 3. The topological polar surface area (TPSA) is 155 Å². The third kappa shape index (κ3) is 6.97. The highest BCUT2D eigenvalue weighted by Gasteiger charge is 2.37. The van der Waals surface area contributed by atoms with Crippen LogP contribution in [0.25, 0.3) is 21.3 Å². The average molecular weight is 615 g/mol. The van der Waals surface area contributed by atoms with E-state index in [1.54, 1.807) is 23.1 Å². The molecule has 1 unspecified atom stereocenters. The predicted octanol–water partition coefficient (Wildman–Crippen LogP) is 1.91. The molecular formula is C29H34N4O7S2. The van der Waals surface area contributed by atoms with Gasteiger partial charge in [-0.05, 0) is 54.7 Å². The van der Waals surface area contributed by atoms with Gasteiger partial charge in [0.2, 0.25) is 11.8 Å². The van der Waals surface area contributed by atoms with Crippen LogP contribution in [0.1, 0.15) is 39.9 Å². The highest BCUT2D eigenvalue weighted by atomic mass is 32.2. The number of nitrogens with zero attached hydrogens (tertiary/aromatic N) is 2. The molecule has 2 fully saturated rings. The van der Waals surface area contributed by atoms with E-state index in [1.807, 2.05) is 24.3 Å². The van der Waals surface area contributed by atoms with Crippen LogP contribution in [0.2, 0.25) is 0 Å². The van der Waals surface area contributed by atoms with E-state index in [1.165, 1.54) is 7.11 Å². The molecule has 2 heterocycles. The molecule has 13 heteroatoms. The first-order valence-corrected chi connectivity index (χ1v) is 16.4.